The van der Waals surface area contributed by atoms with E-state index >= 15 is 0 Å². The van der Waals surface area contributed by atoms with Crippen molar-refractivity contribution in [2.24, 2.45) is 7.05 Å². The van der Waals surface area contributed by atoms with Gasteiger partial charge in [0.1, 0.15) is 0 Å². The van der Waals surface area contributed by atoms with Gasteiger partial charge >= 0.3 is 0 Å². The summed E-state index contributed by atoms with van der Waals surface area (Å²) in [6.45, 7) is 0. The Hall–Kier alpha value is -1.48. The third kappa shape index (κ3) is 2.04. The van der Waals surface area contributed by atoms with Gasteiger partial charge in [0, 0.05) is 13.2 Å². The summed E-state index contributed by atoms with van der Waals surface area (Å²) in [5, 5.41) is 0. The third-order valence-corrected chi connectivity index (χ3v) is 3.21. The van der Waals surface area contributed by atoms with Gasteiger partial charge in [0.25, 0.3) is 5.56 Å². The first-order chi connectivity index (χ1) is 7.72. The van der Waals surface area contributed by atoms with Crippen LogP contribution in [0.5, 0.6) is 0 Å². The van der Waals surface area contributed by atoms with Gasteiger partial charge in [-0.3, -0.25) is 4.79 Å². The minimum atomic E-state index is 0.0622. The molecule has 0 N–H and O–H groups in total. The second kappa shape index (κ2) is 4.58. The lowest BCUT2D eigenvalue weighted by Crippen LogP contribution is -2.17. The summed E-state index contributed by atoms with van der Waals surface area (Å²) < 4.78 is 1.63. The Balaban J connectivity index is 2.60. The van der Waals surface area contributed by atoms with Crippen LogP contribution in [-0.4, -0.2) is 10.8 Å². The van der Waals surface area contributed by atoms with Crippen LogP contribution in [0.15, 0.2) is 52.3 Å². The fourth-order valence-corrected chi connectivity index (χ4v) is 2.18. The van der Waals surface area contributed by atoms with Crippen LogP contribution in [0.3, 0.4) is 0 Å². The maximum atomic E-state index is 11.7. The average molecular weight is 231 g/mol. The molecule has 3 heteroatoms. The molecular weight excluding hydrogens is 218 g/mol. The molecule has 1 aromatic carbocycles. The molecule has 2 aromatic rings. The molecule has 0 saturated heterocycles. The van der Waals surface area contributed by atoms with Crippen LogP contribution in [0.25, 0.3) is 11.1 Å². The zero-order chi connectivity index (χ0) is 11.5. The second-order valence-electron chi connectivity index (χ2n) is 3.58. The third-order valence-electron chi connectivity index (χ3n) is 2.48. The van der Waals surface area contributed by atoms with Crippen molar-refractivity contribution in [1.82, 2.24) is 4.57 Å². The van der Waals surface area contributed by atoms with Crippen LogP contribution >= 0.6 is 11.8 Å². The molecular formula is C13H13NOS. The number of benzene rings is 1. The molecule has 0 spiro atoms. The molecule has 0 aliphatic carbocycles. The molecule has 82 valence electrons. The van der Waals surface area contributed by atoms with Gasteiger partial charge in [-0.05, 0) is 23.4 Å². The van der Waals surface area contributed by atoms with Crippen molar-refractivity contribution in [2.45, 2.75) is 4.90 Å². The Morgan fingerprint density at radius 3 is 2.44 bits per heavy atom. The number of nitrogens with zero attached hydrogens (tertiary/aromatic N) is 1. The van der Waals surface area contributed by atoms with Crippen LogP contribution in [-0.2, 0) is 7.05 Å². The van der Waals surface area contributed by atoms with Crippen molar-refractivity contribution in [1.29, 1.82) is 0 Å². The number of hydrogen-bond acceptors (Lipinski definition) is 2. The number of rotatable bonds is 2. The molecule has 0 amide bonds. The highest BCUT2D eigenvalue weighted by atomic mass is 32.2. The van der Waals surface area contributed by atoms with Crippen molar-refractivity contribution in [3.63, 3.8) is 0 Å². The number of aromatic nitrogens is 1. The van der Waals surface area contributed by atoms with E-state index in [1.807, 2.05) is 48.9 Å². The largest absolute Gasteiger partial charge is 0.317 e. The predicted molar refractivity (Wildman–Crippen MR) is 68.9 cm³/mol. The van der Waals surface area contributed by atoms with Crippen molar-refractivity contribution in [3.05, 3.63) is 52.9 Å². The van der Waals surface area contributed by atoms with Gasteiger partial charge in [-0.2, -0.15) is 0 Å². The average Bonchev–Trinajstić information content (AvgIpc) is 2.33. The van der Waals surface area contributed by atoms with E-state index in [0.29, 0.717) is 0 Å². The van der Waals surface area contributed by atoms with Gasteiger partial charge in [-0.1, -0.05) is 30.3 Å². The van der Waals surface area contributed by atoms with Crippen LogP contribution in [0.1, 0.15) is 0 Å². The summed E-state index contributed by atoms with van der Waals surface area (Å²) in [5.74, 6) is 0. The minimum absolute atomic E-state index is 0.0622. The first-order valence-electron chi connectivity index (χ1n) is 5.02. The zero-order valence-electron chi connectivity index (χ0n) is 9.31. The fraction of sp³-hybridized carbons (Fsp3) is 0.154. The first-order valence-corrected chi connectivity index (χ1v) is 6.25. The molecule has 1 heterocycles. The molecule has 0 radical (unpaired) electrons. The molecule has 0 unspecified atom stereocenters. The van der Waals surface area contributed by atoms with Gasteiger partial charge in [0.2, 0.25) is 0 Å². The standard InChI is InChI=1S/C13H13NOS/c1-14-9-11(8-12(16-2)13(14)15)10-6-4-3-5-7-10/h3-9H,1-2H3. The highest BCUT2D eigenvalue weighted by Crippen LogP contribution is 2.21. The van der Waals surface area contributed by atoms with E-state index in [4.69, 9.17) is 0 Å². The summed E-state index contributed by atoms with van der Waals surface area (Å²) in [7, 11) is 1.79. The Morgan fingerprint density at radius 2 is 1.81 bits per heavy atom. The van der Waals surface area contributed by atoms with Crippen molar-refractivity contribution in [3.8, 4) is 11.1 Å². The number of pyridine rings is 1. The lowest BCUT2D eigenvalue weighted by atomic mass is 10.1. The Bertz CT molecular complexity index is 546. The molecule has 2 nitrogen and oxygen atoms in total. The number of thioether (sulfide) groups is 1. The topological polar surface area (TPSA) is 22.0 Å². The van der Waals surface area contributed by atoms with E-state index in [-0.39, 0.29) is 5.56 Å². The smallest absolute Gasteiger partial charge is 0.263 e. The second-order valence-corrected chi connectivity index (χ2v) is 4.43. The summed E-state index contributed by atoms with van der Waals surface area (Å²) in [6, 6.07) is 12.0. The summed E-state index contributed by atoms with van der Waals surface area (Å²) in [6.07, 6.45) is 3.79. The molecule has 0 fully saturated rings. The highest BCUT2D eigenvalue weighted by Gasteiger charge is 2.04. The van der Waals surface area contributed by atoms with Crippen molar-refractivity contribution in [2.75, 3.05) is 6.26 Å². The monoisotopic (exact) mass is 231 g/mol. The van der Waals surface area contributed by atoms with Gasteiger partial charge < -0.3 is 4.57 Å². The maximum absolute atomic E-state index is 11.7. The lowest BCUT2D eigenvalue weighted by molar-refractivity contribution is 0.835. The number of hydrogen-bond donors (Lipinski definition) is 0. The Kier molecular flexibility index (Phi) is 3.15. The van der Waals surface area contributed by atoms with Crippen LogP contribution in [0.4, 0.5) is 0 Å². The molecule has 2 rings (SSSR count). The van der Waals surface area contributed by atoms with Crippen LogP contribution < -0.4 is 5.56 Å². The Morgan fingerprint density at radius 1 is 1.12 bits per heavy atom. The first kappa shape index (κ1) is 11.0. The molecule has 0 atom stereocenters. The predicted octanol–water partition coefficient (Wildman–Crippen LogP) is 2.77. The van der Waals surface area contributed by atoms with Crippen LogP contribution in [0.2, 0.25) is 0 Å². The van der Waals surface area contributed by atoms with E-state index in [0.717, 1.165) is 16.0 Å². The van der Waals surface area contributed by atoms with Crippen LogP contribution in [0, 0.1) is 0 Å². The van der Waals surface area contributed by atoms with Gasteiger partial charge in [-0.15, -0.1) is 11.8 Å². The minimum Gasteiger partial charge on any atom is -0.317 e. The van der Waals surface area contributed by atoms with E-state index in [1.54, 1.807) is 11.6 Å². The highest BCUT2D eigenvalue weighted by molar-refractivity contribution is 7.98. The quantitative estimate of drug-likeness (QED) is 0.741. The van der Waals surface area contributed by atoms with Gasteiger partial charge in [0.15, 0.2) is 0 Å². The lowest BCUT2D eigenvalue weighted by Gasteiger charge is -2.06. The van der Waals surface area contributed by atoms with Gasteiger partial charge in [0.05, 0.1) is 4.90 Å². The molecule has 1 aromatic heterocycles. The van der Waals surface area contributed by atoms with Crippen molar-refractivity contribution < 1.29 is 0 Å². The van der Waals surface area contributed by atoms with E-state index < -0.39 is 0 Å². The number of aryl methyl sites for hydroxylation is 1. The molecule has 0 bridgehead atoms. The van der Waals surface area contributed by atoms with E-state index in [2.05, 4.69) is 0 Å². The summed E-state index contributed by atoms with van der Waals surface area (Å²) >= 11 is 1.49. The molecule has 16 heavy (non-hydrogen) atoms. The summed E-state index contributed by atoms with van der Waals surface area (Å²) in [5.41, 5.74) is 2.27. The summed E-state index contributed by atoms with van der Waals surface area (Å²) in [4.78, 5) is 12.5. The fourth-order valence-electron chi connectivity index (χ4n) is 1.62. The normalized spacial score (nSPS) is 10.4. The van der Waals surface area contributed by atoms with Crippen molar-refractivity contribution >= 4 is 11.8 Å². The van der Waals surface area contributed by atoms with E-state index in [1.165, 1.54) is 11.8 Å². The van der Waals surface area contributed by atoms with Gasteiger partial charge in [-0.25, -0.2) is 0 Å². The zero-order valence-corrected chi connectivity index (χ0v) is 10.1. The molecule has 0 saturated carbocycles. The molecule has 0 aliphatic heterocycles. The SMILES string of the molecule is CSc1cc(-c2ccccc2)cn(C)c1=O. The van der Waals surface area contributed by atoms with E-state index in [9.17, 15) is 4.79 Å². The molecule has 0 aliphatic rings. The Labute approximate surface area is 98.9 Å². The maximum Gasteiger partial charge on any atom is 0.263 e.